The van der Waals surface area contributed by atoms with Gasteiger partial charge in [-0.3, -0.25) is 0 Å². The maximum atomic E-state index is 13.7. The first-order valence-corrected chi connectivity index (χ1v) is 10.9. The topological polar surface area (TPSA) is 38.2 Å². The second-order valence-electron chi connectivity index (χ2n) is 8.40. The molecule has 1 aromatic heterocycles. The molecular formula is C23H28F3N3O. The molecule has 0 saturated heterocycles. The van der Waals surface area contributed by atoms with Crippen LogP contribution in [-0.4, -0.2) is 23.1 Å². The Morgan fingerprint density at radius 3 is 2.40 bits per heavy atom. The molecule has 2 aliphatic carbocycles. The van der Waals surface area contributed by atoms with E-state index in [1.165, 1.54) is 29.7 Å². The molecule has 0 unspecified atom stereocenters. The van der Waals surface area contributed by atoms with Gasteiger partial charge in [0.1, 0.15) is 11.7 Å². The van der Waals surface area contributed by atoms with Crippen LogP contribution < -0.4 is 9.64 Å². The molecular weight excluding hydrogens is 391 g/mol. The average Bonchev–Trinajstić information content (AvgIpc) is 3.28. The van der Waals surface area contributed by atoms with Crippen molar-refractivity contribution in [1.29, 1.82) is 0 Å². The Morgan fingerprint density at radius 1 is 1.00 bits per heavy atom. The van der Waals surface area contributed by atoms with Gasteiger partial charge in [-0.15, -0.1) is 0 Å². The number of halogens is 3. The lowest BCUT2D eigenvalue weighted by molar-refractivity contribution is -0.137. The zero-order valence-corrected chi connectivity index (χ0v) is 17.3. The van der Waals surface area contributed by atoms with Crippen molar-refractivity contribution in [3.63, 3.8) is 0 Å². The Labute approximate surface area is 175 Å². The van der Waals surface area contributed by atoms with Gasteiger partial charge in [0.15, 0.2) is 5.82 Å². The van der Waals surface area contributed by atoms with Gasteiger partial charge in [-0.2, -0.15) is 18.2 Å². The fraction of sp³-hybridized carbons (Fsp3) is 0.565. The van der Waals surface area contributed by atoms with Crippen LogP contribution in [0.25, 0.3) is 0 Å². The minimum Gasteiger partial charge on any atom is -0.460 e. The van der Waals surface area contributed by atoms with Crippen LogP contribution in [-0.2, 0) is 6.18 Å². The highest BCUT2D eigenvalue weighted by Gasteiger charge is 2.37. The Morgan fingerprint density at radius 2 is 1.70 bits per heavy atom. The molecule has 7 heteroatoms. The number of ether oxygens (including phenoxy) is 1. The second kappa shape index (κ2) is 8.82. The van der Waals surface area contributed by atoms with Crippen LogP contribution in [0.15, 0.2) is 30.5 Å². The molecule has 2 aliphatic rings. The molecule has 0 spiro atoms. The summed E-state index contributed by atoms with van der Waals surface area (Å²) in [7, 11) is 1.62. The van der Waals surface area contributed by atoms with Gasteiger partial charge in [0.05, 0.1) is 0 Å². The lowest BCUT2D eigenvalue weighted by Crippen LogP contribution is -2.23. The average molecular weight is 419 g/mol. The summed E-state index contributed by atoms with van der Waals surface area (Å²) in [6.07, 6.45) is 6.01. The Hall–Kier alpha value is -2.31. The minimum atomic E-state index is -4.55. The molecule has 0 radical (unpaired) electrons. The van der Waals surface area contributed by atoms with Crippen molar-refractivity contribution in [2.75, 3.05) is 11.9 Å². The van der Waals surface area contributed by atoms with Crippen LogP contribution in [0.5, 0.6) is 6.01 Å². The zero-order valence-electron chi connectivity index (χ0n) is 17.3. The van der Waals surface area contributed by atoms with Crippen LogP contribution in [0.4, 0.5) is 24.7 Å². The van der Waals surface area contributed by atoms with Crippen molar-refractivity contribution in [2.45, 2.75) is 76.0 Å². The first kappa shape index (κ1) is 20.9. The van der Waals surface area contributed by atoms with Crippen molar-refractivity contribution < 1.29 is 17.9 Å². The molecule has 4 rings (SSSR count). The molecule has 2 aromatic rings. The molecule has 2 fully saturated rings. The van der Waals surface area contributed by atoms with Gasteiger partial charge >= 0.3 is 12.2 Å². The third-order valence-corrected chi connectivity index (χ3v) is 6.28. The fourth-order valence-corrected chi connectivity index (χ4v) is 4.57. The lowest BCUT2D eigenvalue weighted by atomic mass is 9.97. The van der Waals surface area contributed by atoms with Gasteiger partial charge in [0.25, 0.3) is 0 Å². The maximum absolute atomic E-state index is 13.7. The van der Waals surface area contributed by atoms with E-state index in [0.717, 1.165) is 44.7 Å². The molecule has 162 valence electrons. The van der Waals surface area contributed by atoms with Crippen molar-refractivity contribution >= 4 is 11.5 Å². The number of anilines is 2. The van der Waals surface area contributed by atoms with Crippen LogP contribution in [0.3, 0.4) is 0 Å². The molecule has 30 heavy (non-hydrogen) atoms. The first-order chi connectivity index (χ1) is 14.4. The molecule has 1 aromatic carbocycles. The summed E-state index contributed by atoms with van der Waals surface area (Å²) in [5.41, 5.74) is 1.01. The predicted molar refractivity (Wildman–Crippen MR) is 110 cm³/mol. The van der Waals surface area contributed by atoms with Crippen LogP contribution in [0.1, 0.15) is 74.8 Å². The predicted octanol–water partition coefficient (Wildman–Crippen LogP) is 6.63. The van der Waals surface area contributed by atoms with Crippen LogP contribution >= 0.6 is 0 Å². The summed E-state index contributed by atoms with van der Waals surface area (Å²) in [5, 5.41) is 0. The molecule has 0 bridgehead atoms. The van der Waals surface area contributed by atoms with Crippen molar-refractivity contribution in [3.05, 3.63) is 41.6 Å². The van der Waals surface area contributed by atoms with Gasteiger partial charge in [0, 0.05) is 18.9 Å². The number of hydrogen-bond donors (Lipinski definition) is 0. The standard InChI is InChI=1S/C23H28F3N3O/c1-29(18-11-7-10-17(14-18)16-8-5-6-9-16)21-20(23(24,25)26)15-27-22(28-21)30-19-12-3-2-4-13-19/h7,10-11,14-16,19H,2-6,8-9,12-13H2,1H3. The lowest BCUT2D eigenvalue weighted by Gasteiger charge is -2.25. The largest absolute Gasteiger partial charge is 0.460 e. The highest BCUT2D eigenvalue weighted by Crippen LogP contribution is 2.40. The number of aromatic nitrogens is 2. The molecule has 2 saturated carbocycles. The van der Waals surface area contributed by atoms with E-state index in [2.05, 4.69) is 16.0 Å². The van der Waals surface area contributed by atoms with Crippen LogP contribution in [0.2, 0.25) is 0 Å². The summed E-state index contributed by atoms with van der Waals surface area (Å²) in [5.74, 6) is 0.308. The monoisotopic (exact) mass is 419 g/mol. The van der Waals surface area contributed by atoms with Gasteiger partial charge in [-0.05, 0) is 62.1 Å². The van der Waals surface area contributed by atoms with Crippen molar-refractivity contribution in [2.24, 2.45) is 0 Å². The molecule has 0 atom stereocenters. The fourth-order valence-electron chi connectivity index (χ4n) is 4.57. The third kappa shape index (κ3) is 4.71. The number of rotatable bonds is 5. The number of alkyl halides is 3. The van der Waals surface area contributed by atoms with E-state index in [1.807, 2.05) is 18.2 Å². The SMILES string of the molecule is CN(c1cccc(C2CCCC2)c1)c1nc(OC2CCCCC2)ncc1C(F)(F)F. The van der Waals surface area contributed by atoms with Crippen LogP contribution in [0, 0.1) is 0 Å². The smallest absolute Gasteiger partial charge is 0.421 e. The van der Waals surface area contributed by atoms with Gasteiger partial charge in [-0.1, -0.05) is 31.4 Å². The zero-order chi connectivity index (χ0) is 21.1. The second-order valence-corrected chi connectivity index (χ2v) is 8.40. The molecule has 1 heterocycles. The van der Waals surface area contributed by atoms with E-state index in [9.17, 15) is 13.2 Å². The van der Waals surface area contributed by atoms with E-state index in [1.54, 1.807) is 7.05 Å². The quantitative estimate of drug-likeness (QED) is 0.545. The third-order valence-electron chi connectivity index (χ3n) is 6.28. The number of hydrogen-bond acceptors (Lipinski definition) is 4. The number of benzene rings is 1. The first-order valence-electron chi connectivity index (χ1n) is 10.9. The Balaban J connectivity index is 1.64. The minimum absolute atomic E-state index is 0.0173. The maximum Gasteiger partial charge on any atom is 0.421 e. The van der Waals surface area contributed by atoms with E-state index in [4.69, 9.17) is 4.74 Å². The highest BCUT2D eigenvalue weighted by molar-refractivity contribution is 5.63. The molecule has 0 aliphatic heterocycles. The summed E-state index contributed by atoms with van der Waals surface area (Å²) < 4.78 is 46.9. The van der Waals surface area contributed by atoms with E-state index < -0.39 is 11.7 Å². The van der Waals surface area contributed by atoms with E-state index >= 15 is 0 Å². The summed E-state index contributed by atoms with van der Waals surface area (Å²) in [6, 6.07) is 7.80. The Kier molecular flexibility index (Phi) is 6.16. The van der Waals surface area contributed by atoms with E-state index in [0.29, 0.717) is 11.6 Å². The Bertz CT molecular complexity index is 859. The normalized spacial score (nSPS) is 18.5. The van der Waals surface area contributed by atoms with Gasteiger partial charge in [0.2, 0.25) is 0 Å². The molecule has 0 amide bonds. The molecule has 0 N–H and O–H groups in total. The van der Waals surface area contributed by atoms with Gasteiger partial charge in [-0.25, -0.2) is 4.98 Å². The number of nitrogens with zero attached hydrogens (tertiary/aromatic N) is 3. The van der Waals surface area contributed by atoms with Crippen molar-refractivity contribution in [3.8, 4) is 6.01 Å². The van der Waals surface area contributed by atoms with E-state index in [-0.39, 0.29) is 17.9 Å². The molecule has 4 nitrogen and oxygen atoms in total. The van der Waals surface area contributed by atoms with Gasteiger partial charge < -0.3 is 9.64 Å². The highest BCUT2D eigenvalue weighted by atomic mass is 19.4. The summed E-state index contributed by atoms with van der Waals surface area (Å²) >= 11 is 0. The van der Waals surface area contributed by atoms with Crippen molar-refractivity contribution in [1.82, 2.24) is 9.97 Å². The summed E-state index contributed by atoms with van der Waals surface area (Å²) in [6.45, 7) is 0. The summed E-state index contributed by atoms with van der Waals surface area (Å²) in [4.78, 5) is 9.58.